The van der Waals surface area contributed by atoms with E-state index in [4.69, 9.17) is 5.73 Å². The summed E-state index contributed by atoms with van der Waals surface area (Å²) in [6, 6.07) is 7.81. The molecule has 1 aromatic heterocycles. The van der Waals surface area contributed by atoms with Crippen LogP contribution in [0.15, 0.2) is 30.5 Å². The molecule has 0 aliphatic rings. The van der Waals surface area contributed by atoms with E-state index in [1.807, 2.05) is 30.5 Å². The molecule has 0 fully saturated rings. The van der Waals surface area contributed by atoms with E-state index in [9.17, 15) is 4.79 Å². The van der Waals surface area contributed by atoms with Crippen LogP contribution in [0.4, 0.5) is 4.79 Å². The molecule has 78 valence electrons. The number of hydrogen-bond acceptors (Lipinski definition) is 2. The van der Waals surface area contributed by atoms with Crippen molar-refractivity contribution in [2.24, 2.45) is 5.73 Å². The lowest BCUT2D eigenvalue weighted by Gasteiger charge is -1.95. The highest BCUT2D eigenvalue weighted by atomic mass is 79.9. The number of benzene rings is 1. The van der Waals surface area contributed by atoms with Crippen molar-refractivity contribution in [3.8, 4) is 0 Å². The Balaban J connectivity index is 2.67. The number of nitrogens with zero attached hydrogens (tertiary/aromatic N) is 1. The van der Waals surface area contributed by atoms with Crippen LogP contribution < -0.4 is 5.73 Å². The molecule has 2 N–H and O–H groups in total. The van der Waals surface area contributed by atoms with Crippen molar-refractivity contribution in [2.75, 3.05) is 6.54 Å². The van der Waals surface area contributed by atoms with E-state index < -0.39 is 0 Å². The van der Waals surface area contributed by atoms with Gasteiger partial charge in [-0.15, -0.1) is 0 Å². The van der Waals surface area contributed by atoms with E-state index in [1.54, 1.807) is 4.57 Å². The molecule has 4 heteroatoms. The first kappa shape index (κ1) is 10.4. The zero-order valence-electron chi connectivity index (χ0n) is 8.11. The highest BCUT2D eigenvalue weighted by Crippen LogP contribution is 2.22. The fourth-order valence-electron chi connectivity index (χ4n) is 1.75. The average Bonchev–Trinajstić information content (AvgIpc) is 2.59. The monoisotopic (exact) mass is 266 g/mol. The van der Waals surface area contributed by atoms with Crippen LogP contribution in [0.5, 0.6) is 0 Å². The number of para-hydroxylation sites is 1. The molecule has 1 aromatic carbocycles. The van der Waals surface area contributed by atoms with Crippen LogP contribution >= 0.6 is 15.9 Å². The molecule has 0 radical (unpaired) electrons. The number of rotatable bonds is 2. The van der Waals surface area contributed by atoms with E-state index >= 15 is 0 Å². The average molecular weight is 267 g/mol. The van der Waals surface area contributed by atoms with Gasteiger partial charge in [-0.25, -0.2) is 0 Å². The van der Waals surface area contributed by atoms with Crippen molar-refractivity contribution in [2.45, 2.75) is 6.42 Å². The molecule has 2 rings (SSSR count). The van der Waals surface area contributed by atoms with E-state index in [2.05, 4.69) is 15.9 Å². The SMILES string of the molecule is NCCc1cn(C(=O)Br)c2ccccc12. The second-order valence-electron chi connectivity index (χ2n) is 3.33. The molecule has 1 heterocycles. The molecule has 15 heavy (non-hydrogen) atoms. The van der Waals surface area contributed by atoms with Crippen molar-refractivity contribution >= 4 is 31.6 Å². The normalized spacial score (nSPS) is 10.8. The second-order valence-corrected chi connectivity index (χ2v) is 4.01. The smallest absolute Gasteiger partial charge is 0.298 e. The zero-order chi connectivity index (χ0) is 10.8. The molecule has 2 aromatic rings. The van der Waals surface area contributed by atoms with Gasteiger partial charge in [-0.1, -0.05) is 18.2 Å². The Labute approximate surface area is 96.0 Å². The quantitative estimate of drug-likeness (QED) is 0.850. The van der Waals surface area contributed by atoms with Gasteiger partial charge in [0.1, 0.15) is 0 Å². The minimum Gasteiger partial charge on any atom is -0.330 e. The minimum atomic E-state index is -0.151. The van der Waals surface area contributed by atoms with Gasteiger partial charge < -0.3 is 5.73 Å². The Bertz CT molecular complexity index is 504. The molecular formula is C11H11BrN2O. The lowest BCUT2D eigenvalue weighted by molar-refractivity contribution is 0.263. The summed E-state index contributed by atoms with van der Waals surface area (Å²) in [7, 11) is 0. The van der Waals surface area contributed by atoms with Crippen molar-refractivity contribution in [3.05, 3.63) is 36.0 Å². The molecule has 0 atom stereocenters. The van der Waals surface area contributed by atoms with E-state index in [-0.39, 0.29) is 4.82 Å². The predicted octanol–water partition coefficient (Wildman–Crippen LogP) is 2.51. The Morgan fingerprint density at radius 2 is 2.13 bits per heavy atom. The van der Waals surface area contributed by atoms with E-state index in [0.717, 1.165) is 22.9 Å². The van der Waals surface area contributed by atoms with Crippen LogP contribution in [-0.4, -0.2) is 15.9 Å². The topological polar surface area (TPSA) is 48.0 Å². The third-order valence-corrected chi connectivity index (χ3v) is 2.78. The molecule has 0 unspecified atom stereocenters. The van der Waals surface area contributed by atoms with Gasteiger partial charge in [0.25, 0.3) is 4.82 Å². The molecule has 0 amide bonds. The highest BCUT2D eigenvalue weighted by Gasteiger charge is 2.10. The van der Waals surface area contributed by atoms with Crippen molar-refractivity contribution < 1.29 is 4.79 Å². The van der Waals surface area contributed by atoms with Crippen LogP contribution in [-0.2, 0) is 6.42 Å². The van der Waals surface area contributed by atoms with Gasteiger partial charge in [0, 0.05) is 27.5 Å². The maximum atomic E-state index is 11.3. The fourth-order valence-corrected chi connectivity index (χ4v) is 2.04. The number of nitrogens with two attached hydrogens (primary N) is 1. The number of fused-ring (bicyclic) bond motifs is 1. The summed E-state index contributed by atoms with van der Waals surface area (Å²) in [5, 5.41) is 1.09. The maximum Gasteiger partial charge on any atom is 0.298 e. The van der Waals surface area contributed by atoms with Gasteiger partial charge in [-0.2, -0.15) is 0 Å². The van der Waals surface area contributed by atoms with Crippen LogP contribution in [0.3, 0.4) is 0 Å². The van der Waals surface area contributed by atoms with Gasteiger partial charge in [-0.05, 0) is 24.6 Å². The summed E-state index contributed by atoms with van der Waals surface area (Å²) in [5.74, 6) is 0. The molecule has 0 bridgehead atoms. The standard InChI is InChI=1S/C11H11BrN2O/c12-11(15)14-7-8(5-6-13)9-3-1-2-4-10(9)14/h1-4,7H,5-6,13H2. The van der Waals surface area contributed by atoms with Gasteiger partial charge >= 0.3 is 0 Å². The summed E-state index contributed by atoms with van der Waals surface area (Å²) in [6.07, 6.45) is 2.63. The molecular weight excluding hydrogens is 256 g/mol. The van der Waals surface area contributed by atoms with Crippen LogP contribution in [0.2, 0.25) is 0 Å². The first-order chi connectivity index (χ1) is 7.24. The summed E-state index contributed by atoms with van der Waals surface area (Å²) in [4.78, 5) is 11.2. The van der Waals surface area contributed by atoms with Crippen LogP contribution in [0.1, 0.15) is 5.56 Å². The van der Waals surface area contributed by atoms with Crippen LogP contribution in [0.25, 0.3) is 10.9 Å². The molecule has 0 saturated heterocycles. The van der Waals surface area contributed by atoms with Crippen molar-refractivity contribution in [3.63, 3.8) is 0 Å². The lowest BCUT2D eigenvalue weighted by atomic mass is 10.1. The van der Waals surface area contributed by atoms with Gasteiger partial charge in [0.15, 0.2) is 0 Å². The Hall–Kier alpha value is -1.13. The predicted molar refractivity (Wildman–Crippen MR) is 64.4 cm³/mol. The first-order valence-electron chi connectivity index (χ1n) is 4.73. The number of halogens is 1. The fraction of sp³-hybridized carbons (Fsp3) is 0.182. The Morgan fingerprint density at radius 1 is 1.40 bits per heavy atom. The molecule has 0 aliphatic carbocycles. The summed E-state index contributed by atoms with van der Waals surface area (Å²) in [6.45, 7) is 0.588. The van der Waals surface area contributed by atoms with Gasteiger partial charge in [-0.3, -0.25) is 9.36 Å². The number of aromatic nitrogens is 1. The minimum absolute atomic E-state index is 0.151. The third-order valence-electron chi connectivity index (χ3n) is 2.40. The van der Waals surface area contributed by atoms with Gasteiger partial charge in [0.05, 0.1) is 5.52 Å². The maximum absolute atomic E-state index is 11.3. The van der Waals surface area contributed by atoms with E-state index in [1.165, 1.54) is 0 Å². The van der Waals surface area contributed by atoms with Crippen molar-refractivity contribution in [1.82, 2.24) is 4.57 Å². The van der Waals surface area contributed by atoms with Crippen LogP contribution in [0, 0.1) is 0 Å². The molecule has 0 saturated carbocycles. The largest absolute Gasteiger partial charge is 0.330 e. The summed E-state index contributed by atoms with van der Waals surface area (Å²) >= 11 is 2.96. The summed E-state index contributed by atoms with van der Waals surface area (Å²) in [5.41, 5.74) is 7.56. The van der Waals surface area contributed by atoms with Crippen molar-refractivity contribution in [1.29, 1.82) is 0 Å². The first-order valence-corrected chi connectivity index (χ1v) is 5.52. The highest BCUT2D eigenvalue weighted by molar-refractivity contribution is 9.18. The summed E-state index contributed by atoms with van der Waals surface area (Å²) < 4.78 is 1.60. The van der Waals surface area contributed by atoms with E-state index in [0.29, 0.717) is 6.54 Å². The number of hydrogen-bond donors (Lipinski definition) is 1. The molecule has 0 aliphatic heterocycles. The van der Waals surface area contributed by atoms with Gasteiger partial charge in [0.2, 0.25) is 0 Å². The Kier molecular flexibility index (Phi) is 2.88. The Morgan fingerprint density at radius 3 is 2.80 bits per heavy atom. The number of carbonyl (C=O) groups excluding carboxylic acids is 1. The number of carbonyl (C=O) groups is 1. The second kappa shape index (κ2) is 4.16. The lowest BCUT2D eigenvalue weighted by Crippen LogP contribution is -2.02. The molecule has 3 nitrogen and oxygen atoms in total. The zero-order valence-corrected chi connectivity index (χ0v) is 9.70. The third kappa shape index (κ3) is 1.82. The molecule has 0 spiro atoms.